The van der Waals surface area contributed by atoms with Gasteiger partial charge in [0.15, 0.2) is 0 Å². The van der Waals surface area contributed by atoms with Gasteiger partial charge in [0.25, 0.3) is 0 Å². The SMILES string of the molecule is C[N-]Cc1cc(C)ccc1Pc1cc([Si](C)(C)C)ccc1O.C[N-]Cc1cc(F)ccc1Pc1cc([Si](C)(C)C)cc([Si](C)(C)C)c1O.C[N-]Cc1cccc(C)c1Pc1cccc([Si](C)(C)C)c1O.C[N-]Cc1ccccc1Pc1cc([Si](C)(C)C)cc([Si](C)(C)C)c1O.C[N-]Cc1ccccc1Pc1cc([Si](C)(C)C)ccc1O.C[N-]Cc1ccccc1Pc1cccc([Si](C)(C)C)c1O.[Cl][Ti+].[Cl][Ti+].[Cl][Ti+].[Cl][Ti+].[Cl][Ti+].[Cl][Ti+]. The summed E-state index contributed by atoms with van der Waals surface area (Å²) in [5.41, 5.74) is 9.71. The molecule has 6 unspecified atom stereocenters. The molecule has 39 heteroatoms. The monoisotopic (exact) mass is 2580 g/mol. The molecule has 0 spiro atoms. The summed E-state index contributed by atoms with van der Waals surface area (Å²) in [7, 11) is 29.4. The van der Waals surface area contributed by atoms with Gasteiger partial charge in [-0.05, 0) is 96.3 Å². The topological polar surface area (TPSA) is 206 Å². The van der Waals surface area contributed by atoms with E-state index in [4.69, 9.17) is 0 Å². The van der Waals surface area contributed by atoms with Crippen molar-refractivity contribution < 1.29 is 151 Å². The van der Waals surface area contributed by atoms with Crippen molar-refractivity contribution in [2.45, 2.75) is 210 Å². The van der Waals surface area contributed by atoms with Gasteiger partial charge in [0.1, 0.15) is 40.3 Å². The molecule has 6 N–H and O–H groups in total. The summed E-state index contributed by atoms with van der Waals surface area (Å²) in [6, 6.07) is 76.6. The van der Waals surface area contributed by atoms with Gasteiger partial charge >= 0.3 is 172 Å². The zero-order valence-corrected chi connectivity index (χ0v) is 121. The van der Waals surface area contributed by atoms with Crippen LogP contribution >= 0.6 is 107 Å². The molecule has 0 aliphatic carbocycles. The van der Waals surface area contributed by atoms with E-state index in [0.29, 0.717) is 92.5 Å². The number of hydrogen-bond acceptors (Lipinski definition) is 6. The van der Waals surface area contributed by atoms with Crippen LogP contribution in [0.25, 0.3) is 31.9 Å². The first-order valence-corrected chi connectivity index (χ1v) is 95.2. The zero-order valence-electron chi connectivity index (χ0n) is 93.1. The first-order valence-electron chi connectivity index (χ1n) is 48.3. The summed E-state index contributed by atoms with van der Waals surface area (Å²) in [5.74, 6) is 2.54. The van der Waals surface area contributed by atoms with Crippen molar-refractivity contribution >= 4 is 277 Å². The molecule has 0 aromatic heterocycles. The number of aryl methyl sites for hydroxylation is 2. The van der Waals surface area contributed by atoms with Gasteiger partial charge < -0.3 is 62.5 Å². The molecular weight excluding hydrogens is 2430 g/mol. The number of hydrogen-bond donors (Lipinski definition) is 6. The van der Waals surface area contributed by atoms with Gasteiger partial charge in [-0.15, -0.1) is 39.3 Å². The van der Waals surface area contributed by atoms with Crippen molar-refractivity contribution in [1.82, 2.24) is 0 Å². The van der Waals surface area contributed by atoms with E-state index in [1.807, 2.05) is 71.6 Å². The molecule has 0 aliphatic heterocycles. The molecule has 0 saturated carbocycles. The van der Waals surface area contributed by atoms with E-state index < -0.39 is 64.6 Å². The van der Waals surface area contributed by atoms with Crippen molar-refractivity contribution in [3.05, 3.63) is 307 Å². The summed E-state index contributed by atoms with van der Waals surface area (Å²) in [5, 5.41) is 113. The van der Waals surface area contributed by atoms with Crippen molar-refractivity contribution in [2.24, 2.45) is 0 Å². The van der Waals surface area contributed by atoms with Gasteiger partial charge in [0.05, 0.1) is 64.6 Å². The summed E-state index contributed by atoms with van der Waals surface area (Å²) < 4.78 is 13.7. The fourth-order valence-corrected chi connectivity index (χ4v) is 34.5. The molecule has 12 nitrogen and oxygen atoms in total. The van der Waals surface area contributed by atoms with Crippen LogP contribution in [0, 0.1) is 19.7 Å². The molecule has 0 bridgehead atoms. The standard InChI is InChI=1S/C20H30FNOPSi2.C20H31NOPSi2.2C18H25NOPSi.2C17H23NOPSi.6ClH.6Ti/c1-22-13-14-10-15(21)8-9-17(14)24-18-11-16(25(2,3)4)12-19(20(18)23)26(5,6)7;1-21-14-15-10-8-9-11-17(15)23-18-12-16(24(2,3)4)13-19(20(18)22)25(5,6)7;1-13-6-9-17(14(10-13)12-19-2)21-18-11-15(22(3,4)5)7-8-16(18)20;1-13-8-6-9-14(12-19-2)18(13)21-15-10-7-11-16(17(15)20)22(3,4)5;1-18-12-13-8-5-6-9-14(13)20-15-10-7-11-16(17(15)19)21(2,3)4;1-18-12-13-7-5-6-8-16(13)20-17-11-14(21(2,3)4)9-10-15(17)19;;;;;;;;;;;;/h8-12,23-24H,13H2,1-7H3;8-13,22-23H,14H2,1-7H3;2*6-11,20-21H,12H2,1-5H3;2*5-11,19-20H,12H2,1-4H3;6*1H;;;;;;/q6*-1;;;;;;;6*+2/p-6. The van der Waals surface area contributed by atoms with E-state index in [2.05, 4.69) is 435 Å². The number of rotatable bonds is 32. The first kappa shape index (κ1) is 146. The van der Waals surface area contributed by atoms with Crippen LogP contribution < -0.4 is 105 Å². The Balaban J connectivity index is 0.000000876. The third kappa shape index (κ3) is 50.5. The van der Waals surface area contributed by atoms with Gasteiger partial charge in [-0.25, -0.2) is 4.39 Å². The van der Waals surface area contributed by atoms with E-state index in [0.717, 1.165) is 91.0 Å². The van der Waals surface area contributed by atoms with Gasteiger partial charge in [-0.1, -0.05) is 468 Å². The van der Waals surface area contributed by atoms with Crippen LogP contribution in [-0.4, -0.2) is 138 Å². The van der Waals surface area contributed by atoms with E-state index in [-0.39, 0.29) is 5.82 Å². The van der Waals surface area contributed by atoms with Gasteiger partial charge in [-0.2, -0.15) is 42.3 Å². The Morgan fingerprint density at radius 1 is 0.228 bits per heavy atom. The molecule has 0 heterocycles. The van der Waals surface area contributed by atoms with E-state index >= 15 is 0 Å². The molecule has 0 aliphatic rings. The van der Waals surface area contributed by atoms with Crippen LogP contribution in [0.15, 0.2) is 224 Å². The van der Waals surface area contributed by atoms with Crippen LogP contribution in [0.1, 0.15) is 44.5 Å². The minimum atomic E-state index is -1.68. The van der Waals surface area contributed by atoms with Crippen LogP contribution in [-0.2, 0) is 156 Å². The number of aromatic hydroxyl groups is 6. The Labute approximate surface area is 1010 Å². The van der Waals surface area contributed by atoms with Crippen LogP contribution in [0.5, 0.6) is 34.5 Å². The molecule has 0 amide bonds. The number of phenolic OH excluding ortho intramolecular Hbond substituents is 6. The summed E-state index contributed by atoms with van der Waals surface area (Å²) in [4.78, 5) is 0. The summed E-state index contributed by atoms with van der Waals surface area (Å²) in [6.45, 7) is 63.9. The van der Waals surface area contributed by atoms with Crippen LogP contribution in [0.3, 0.4) is 0 Å². The molecule has 12 aromatic carbocycles. The second-order valence-corrected chi connectivity index (χ2v) is 91.7. The van der Waals surface area contributed by atoms with Crippen LogP contribution in [0.2, 0.25) is 157 Å². The third-order valence-corrected chi connectivity index (χ3v) is 48.2. The summed E-state index contributed by atoms with van der Waals surface area (Å²) in [6.07, 6.45) is 0. The van der Waals surface area contributed by atoms with Crippen molar-refractivity contribution in [3.8, 4) is 34.5 Å². The van der Waals surface area contributed by atoms with Crippen LogP contribution in [0.4, 0.5) is 4.39 Å². The average Bonchev–Trinajstić information content (AvgIpc) is 0.743. The molecule has 6 atom stereocenters. The predicted octanol–water partition coefficient (Wildman–Crippen LogP) is 24.4. The molecule has 0 saturated heterocycles. The molecule has 0 fully saturated rings. The zero-order chi connectivity index (χ0) is 114. The number of nitrogens with zero attached hydrogens (tertiary/aromatic N) is 6. The third-order valence-electron chi connectivity index (χ3n) is 23.3. The van der Waals surface area contributed by atoms with Gasteiger partial charge in [0.2, 0.25) is 0 Å². The maximum absolute atomic E-state index is 13.7. The Bertz CT molecular complexity index is 6000. The molecule has 798 valence electrons. The van der Waals surface area contributed by atoms with Gasteiger partial charge in [0, 0.05) is 31.8 Å². The molecule has 0 radical (unpaired) electrons. The minimum absolute atomic E-state index is 0.236. The van der Waals surface area contributed by atoms with Gasteiger partial charge in [-0.3, -0.25) is 0 Å². The quantitative estimate of drug-likeness (QED) is 0.0179. The average molecular weight is 2590 g/mol. The number of benzene rings is 12. The number of para-hydroxylation sites is 2. The molecule has 12 aromatic rings. The van der Waals surface area contributed by atoms with E-state index in [9.17, 15) is 35.0 Å². The van der Waals surface area contributed by atoms with E-state index in [1.165, 1.54) is 214 Å². The molecule has 149 heavy (non-hydrogen) atoms. The number of halogens is 7. The van der Waals surface area contributed by atoms with Crippen molar-refractivity contribution in [1.29, 1.82) is 0 Å². The maximum atomic E-state index is 13.7. The fraction of sp³-hybridized carbons (Fsp3) is 0.345. The molecular formula is C110H157Cl6FN6O6P6Si8Ti6. The Hall–Kier alpha value is -0.529. The van der Waals surface area contributed by atoms with E-state index in [1.54, 1.807) is 13.1 Å². The Morgan fingerprint density at radius 3 is 0.812 bits per heavy atom. The normalized spacial score (nSPS) is 11.6. The van der Waals surface area contributed by atoms with Crippen molar-refractivity contribution in [2.75, 3.05) is 42.3 Å². The second kappa shape index (κ2) is 73.5. The first-order chi connectivity index (χ1) is 70.0. The summed E-state index contributed by atoms with van der Waals surface area (Å²) >= 11 is 8.83. The Morgan fingerprint density at radius 2 is 0.483 bits per heavy atom. The number of phenols is 6. The second-order valence-electron chi connectivity index (χ2n) is 43.3. The Kier molecular flexibility index (Phi) is 72.3. The van der Waals surface area contributed by atoms with Crippen molar-refractivity contribution in [3.63, 3.8) is 0 Å². The molecule has 12 rings (SSSR count). The predicted molar refractivity (Wildman–Crippen MR) is 679 cm³/mol. The fourth-order valence-electron chi connectivity index (χ4n) is 15.2.